The van der Waals surface area contributed by atoms with Gasteiger partial charge in [-0.25, -0.2) is 4.39 Å². The average molecular weight is 269 g/mol. The minimum Gasteiger partial charge on any atom is -0.303 e. The summed E-state index contributed by atoms with van der Waals surface area (Å²) < 4.78 is 13.0. The van der Waals surface area contributed by atoms with Crippen molar-refractivity contribution >= 4 is 0 Å². The van der Waals surface area contributed by atoms with E-state index in [4.69, 9.17) is 0 Å². The SMILES string of the molecule is C[C@@H](NC1CCCc2ccccc21)c1ccc(F)cc1. The molecule has 1 aliphatic rings. The molecule has 3 rings (SSSR count). The van der Waals surface area contributed by atoms with Crippen molar-refractivity contribution in [3.05, 3.63) is 71.0 Å². The van der Waals surface area contributed by atoms with Crippen molar-refractivity contribution in [1.29, 1.82) is 0 Å². The van der Waals surface area contributed by atoms with Crippen molar-refractivity contribution in [1.82, 2.24) is 5.32 Å². The van der Waals surface area contributed by atoms with E-state index >= 15 is 0 Å². The normalized spacial score (nSPS) is 19.4. The summed E-state index contributed by atoms with van der Waals surface area (Å²) in [7, 11) is 0. The van der Waals surface area contributed by atoms with Crippen molar-refractivity contribution in [2.45, 2.75) is 38.3 Å². The van der Waals surface area contributed by atoms with Gasteiger partial charge in [0.2, 0.25) is 0 Å². The number of rotatable bonds is 3. The molecule has 1 aliphatic carbocycles. The molecular formula is C18H20FN. The van der Waals surface area contributed by atoms with Gasteiger partial charge in [-0.1, -0.05) is 36.4 Å². The lowest BCUT2D eigenvalue weighted by Crippen LogP contribution is -2.27. The molecule has 1 nitrogen and oxygen atoms in total. The number of nitrogens with one attached hydrogen (secondary N) is 1. The molecule has 0 radical (unpaired) electrons. The highest BCUT2D eigenvalue weighted by molar-refractivity contribution is 5.32. The van der Waals surface area contributed by atoms with Gasteiger partial charge in [-0.15, -0.1) is 0 Å². The Hall–Kier alpha value is -1.67. The first-order valence-corrected chi connectivity index (χ1v) is 7.33. The molecule has 0 saturated carbocycles. The molecule has 0 fully saturated rings. The standard InChI is InChI=1S/C18H20FN/c1-13(14-9-11-16(19)12-10-14)20-18-8-4-6-15-5-2-3-7-17(15)18/h2-3,5,7,9-13,18,20H,4,6,8H2,1H3/t13-,18?/m1/s1. The maximum atomic E-state index is 13.0. The number of hydrogen-bond donors (Lipinski definition) is 1. The van der Waals surface area contributed by atoms with Crippen LogP contribution in [-0.4, -0.2) is 0 Å². The Morgan fingerprint density at radius 1 is 1.10 bits per heavy atom. The van der Waals surface area contributed by atoms with Crippen molar-refractivity contribution in [3.63, 3.8) is 0 Å². The van der Waals surface area contributed by atoms with Crippen LogP contribution in [0.1, 0.15) is 48.5 Å². The van der Waals surface area contributed by atoms with Crippen molar-refractivity contribution in [2.24, 2.45) is 0 Å². The second-order valence-electron chi connectivity index (χ2n) is 5.58. The van der Waals surface area contributed by atoms with Crippen LogP contribution >= 0.6 is 0 Å². The molecule has 1 N–H and O–H groups in total. The molecule has 104 valence electrons. The van der Waals surface area contributed by atoms with Crippen LogP contribution in [0.25, 0.3) is 0 Å². The summed E-state index contributed by atoms with van der Waals surface area (Å²) in [5, 5.41) is 3.69. The van der Waals surface area contributed by atoms with Gasteiger partial charge >= 0.3 is 0 Å². The molecular weight excluding hydrogens is 249 g/mol. The predicted octanol–water partition coefficient (Wildman–Crippen LogP) is 4.55. The topological polar surface area (TPSA) is 12.0 Å². The van der Waals surface area contributed by atoms with Crippen LogP contribution in [0.3, 0.4) is 0 Å². The van der Waals surface area contributed by atoms with E-state index in [0.29, 0.717) is 6.04 Å². The molecule has 2 aromatic rings. The van der Waals surface area contributed by atoms with E-state index < -0.39 is 0 Å². The summed E-state index contributed by atoms with van der Waals surface area (Å²) >= 11 is 0. The number of benzene rings is 2. The fraction of sp³-hybridized carbons (Fsp3) is 0.333. The molecule has 0 heterocycles. The molecule has 0 aromatic heterocycles. The number of halogens is 1. The zero-order valence-corrected chi connectivity index (χ0v) is 11.8. The van der Waals surface area contributed by atoms with Crippen LogP contribution in [0, 0.1) is 5.82 Å². The van der Waals surface area contributed by atoms with Crippen LogP contribution in [0.5, 0.6) is 0 Å². The fourth-order valence-corrected chi connectivity index (χ4v) is 3.08. The van der Waals surface area contributed by atoms with E-state index in [2.05, 4.69) is 36.5 Å². The molecule has 0 aliphatic heterocycles. The third-order valence-corrected chi connectivity index (χ3v) is 4.19. The monoisotopic (exact) mass is 269 g/mol. The van der Waals surface area contributed by atoms with Gasteiger partial charge in [0.1, 0.15) is 5.82 Å². The maximum absolute atomic E-state index is 13.0. The van der Waals surface area contributed by atoms with E-state index in [0.717, 1.165) is 5.56 Å². The summed E-state index contributed by atoms with van der Waals surface area (Å²) in [5.74, 6) is -0.177. The van der Waals surface area contributed by atoms with E-state index in [-0.39, 0.29) is 11.9 Å². The van der Waals surface area contributed by atoms with Gasteiger partial charge in [0, 0.05) is 12.1 Å². The molecule has 2 heteroatoms. The summed E-state index contributed by atoms with van der Waals surface area (Å²) in [5.41, 5.74) is 4.02. The molecule has 2 atom stereocenters. The molecule has 0 amide bonds. The number of fused-ring (bicyclic) bond motifs is 1. The van der Waals surface area contributed by atoms with Crippen LogP contribution in [0.15, 0.2) is 48.5 Å². The maximum Gasteiger partial charge on any atom is 0.123 e. The molecule has 0 saturated heterocycles. The zero-order chi connectivity index (χ0) is 13.9. The van der Waals surface area contributed by atoms with Crippen molar-refractivity contribution < 1.29 is 4.39 Å². The van der Waals surface area contributed by atoms with Gasteiger partial charge in [-0.05, 0) is 55.0 Å². The van der Waals surface area contributed by atoms with Crippen molar-refractivity contribution in [2.75, 3.05) is 0 Å². The summed E-state index contributed by atoms with van der Waals surface area (Å²) in [6.07, 6.45) is 3.58. The Bertz CT molecular complexity index is 576. The number of aryl methyl sites for hydroxylation is 1. The quantitative estimate of drug-likeness (QED) is 0.861. The van der Waals surface area contributed by atoms with Gasteiger partial charge in [-0.2, -0.15) is 0 Å². The second kappa shape index (κ2) is 5.76. The van der Waals surface area contributed by atoms with E-state index in [9.17, 15) is 4.39 Å². The fourth-order valence-electron chi connectivity index (χ4n) is 3.08. The van der Waals surface area contributed by atoms with E-state index in [1.165, 1.54) is 42.5 Å². The molecule has 0 spiro atoms. The third kappa shape index (κ3) is 2.75. The summed E-state index contributed by atoms with van der Waals surface area (Å²) in [6, 6.07) is 16.1. The van der Waals surface area contributed by atoms with Crippen LogP contribution in [0.4, 0.5) is 4.39 Å². The highest BCUT2D eigenvalue weighted by atomic mass is 19.1. The third-order valence-electron chi connectivity index (χ3n) is 4.19. The zero-order valence-electron chi connectivity index (χ0n) is 11.8. The largest absolute Gasteiger partial charge is 0.303 e. The van der Waals surface area contributed by atoms with E-state index in [1.807, 2.05) is 12.1 Å². The first-order chi connectivity index (χ1) is 9.74. The Kier molecular flexibility index (Phi) is 3.83. The lowest BCUT2D eigenvalue weighted by atomic mass is 9.87. The van der Waals surface area contributed by atoms with Gasteiger partial charge in [0.25, 0.3) is 0 Å². The minimum atomic E-state index is -0.177. The summed E-state index contributed by atoms with van der Waals surface area (Å²) in [6.45, 7) is 2.14. The van der Waals surface area contributed by atoms with Crippen LogP contribution in [0.2, 0.25) is 0 Å². The Balaban J connectivity index is 1.77. The first-order valence-electron chi connectivity index (χ1n) is 7.33. The minimum absolute atomic E-state index is 0.177. The molecule has 0 bridgehead atoms. The molecule has 1 unspecified atom stereocenters. The lowest BCUT2D eigenvalue weighted by Gasteiger charge is -2.29. The smallest absolute Gasteiger partial charge is 0.123 e. The van der Waals surface area contributed by atoms with Crippen LogP contribution < -0.4 is 5.32 Å². The van der Waals surface area contributed by atoms with Crippen molar-refractivity contribution in [3.8, 4) is 0 Å². The lowest BCUT2D eigenvalue weighted by molar-refractivity contribution is 0.415. The Labute approximate surface area is 119 Å². The molecule has 2 aromatic carbocycles. The average Bonchev–Trinajstić information content (AvgIpc) is 2.48. The first kappa shape index (κ1) is 13.3. The van der Waals surface area contributed by atoms with Gasteiger partial charge < -0.3 is 5.32 Å². The number of hydrogen-bond acceptors (Lipinski definition) is 1. The van der Waals surface area contributed by atoms with Gasteiger partial charge in [-0.3, -0.25) is 0 Å². The second-order valence-corrected chi connectivity index (χ2v) is 5.58. The predicted molar refractivity (Wildman–Crippen MR) is 80.1 cm³/mol. The highest BCUT2D eigenvalue weighted by Gasteiger charge is 2.21. The highest BCUT2D eigenvalue weighted by Crippen LogP contribution is 2.31. The van der Waals surface area contributed by atoms with Gasteiger partial charge in [0.15, 0.2) is 0 Å². The van der Waals surface area contributed by atoms with Gasteiger partial charge in [0.05, 0.1) is 0 Å². The molecule has 20 heavy (non-hydrogen) atoms. The Morgan fingerprint density at radius 2 is 1.85 bits per heavy atom. The van der Waals surface area contributed by atoms with Crippen LogP contribution in [-0.2, 0) is 6.42 Å². The Morgan fingerprint density at radius 3 is 2.65 bits per heavy atom. The van der Waals surface area contributed by atoms with E-state index in [1.54, 1.807) is 0 Å². The summed E-state index contributed by atoms with van der Waals surface area (Å²) in [4.78, 5) is 0.